The van der Waals surface area contributed by atoms with Gasteiger partial charge in [0, 0.05) is 17.3 Å². The molecule has 0 unspecified atom stereocenters. The second-order valence-electron chi connectivity index (χ2n) is 4.22. The number of nitro groups is 1. The zero-order chi connectivity index (χ0) is 14.8. The summed E-state index contributed by atoms with van der Waals surface area (Å²) in [5.41, 5.74) is 5.83. The Labute approximate surface area is 115 Å². The minimum Gasteiger partial charge on any atom is -0.399 e. The van der Waals surface area contributed by atoms with Gasteiger partial charge in [0.05, 0.1) is 15.6 Å². The minimum atomic E-state index is -3.68. The second-order valence-corrected chi connectivity index (χ2v) is 6.21. The van der Waals surface area contributed by atoms with E-state index in [2.05, 4.69) is 0 Å². The lowest BCUT2D eigenvalue weighted by atomic mass is 10.2. The molecule has 0 bridgehead atoms. The molecule has 0 aliphatic rings. The van der Waals surface area contributed by atoms with E-state index in [1.54, 1.807) is 12.1 Å². The van der Waals surface area contributed by atoms with Crippen LogP contribution >= 0.6 is 0 Å². The van der Waals surface area contributed by atoms with Crippen molar-refractivity contribution in [1.82, 2.24) is 0 Å². The first-order valence-corrected chi connectivity index (χ1v) is 7.36. The molecule has 104 valence electrons. The van der Waals surface area contributed by atoms with Crippen LogP contribution in [-0.4, -0.2) is 13.3 Å². The highest BCUT2D eigenvalue weighted by Crippen LogP contribution is 2.24. The summed E-state index contributed by atoms with van der Waals surface area (Å²) in [7, 11) is -3.68. The number of nitrogens with two attached hydrogens (primary N) is 1. The normalized spacial score (nSPS) is 11.2. The molecule has 0 spiro atoms. The van der Waals surface area contributed by atoms with Crippen LogP contribution in [0.1, 0.15) is 5.56 Å². The smallest absolute Gasteiger partial charge is 0.273 e. The predicted octanol–water partition coefficient (Wildman–Crippen LogP) is 2.15. The first-order chi connectivity index (χ1) is 9.40. The van der Waals surface area contributed by atoms with E-state index in [-0.39, 0.29) is 16.1 Å². The lowest BCUT2D eigenvalue weighted by Crippen LogP contribution is -2.07. The molecule has 0 saturated carbocycles. The van der Waals surface area contributed by atoms with Crippen LogP contribution < -0.4 is 5.73 Å². The Balaban J connectivity index is 2.41. The fraction of sp³-hybridized carbons (Fsp3) is 0.0769. The Kier molecular flexibility index (Phi) is 3.71. The number of nitrogen functional groups attached to an aromatic ring is 1. The van der Waals surface area contributed by atoms with Crippen molar-refractivity contribution >= 4 is 21.2 Å². The number of nitrogens with zero attached hydrogens (tertiary/aromatic N) is 1. The van der Waals surface area contributed by atoms with Gasteiger partial charge in [0.25, 0.3) is 5.69 Å². The Morgan fingerprint density at radius 1 is 1.10 bits per heavy atom. The summed E-state index contributed by atoms with van der Waals surface area (Å²) in [6, 6.07) is 11.6. The molecule has 2 N–H and O–H groups in total. The van der Waals surface area contributed by atoms with Crippen LogP contribution in [0.25, 0.3) is 0 Å². The maximum atomic E-state index is 12.3. The third-order valence-corrected chi connectivity index (χ3v) is 4.41. The summed E-state index contributed by atoms with van der Waals surface area (Å²) < 4.78 is 24.5. The van der Waals surface area contributed by atoms with Gasteiger partial charge in [-0.1, -0.05) is 24.3 Å². The Bertz CT molecular complexity index is 756. The number of nitro benzene ring substituents is 1. The summed E-state index contributed by atoms with van der Waals surface area (Å²) in [5, 5.41) is 10.9. The van der Waals surface area contributed by atoms with Crippen molar-refractivity contribution in [2.24, 2.45) is 0 Å². The molecule has 0 radical (unpaired) electrons. The van der Waals surface area contributed by atoms with Gasteiger partial charge in [-0.3, -0.25) is 10.1 Å². The van der Waals surface area contributed by atoms with E-state index in [9.17, 15) is 18.5 Å². The molecular weight excluding hydrogens is 280 g/mol. The number of sulfone groups is 1. The Morgan fingerprint density at radius 3 is 2.45 bits per heavy atom. The maximum Gasteiger partial charge on any atom is 0.273 e. The molecule has 20 heavy (non-hydrogen) atoms. The molecule has 7 heteroatoms. The minimum absolute atomic E-state index is 0.0515. The van der Waals surface area contributed by atoms with Crippen molar-refractivity contribution in [1.29, 1.82) is 0 Å². The summed E-state index contributed by atoms with van der Waals surface area (Å²) in [4.78, 5) is 10.3. The van der Waals surface area contributed by atoms with Crippen LogP contribution in [0.15, 0.2) is 53.4 Å². The zero-order valence-corrected chi connectivity index (χ0v) is 11.2. The topological polar surface area (TPSA) is 103 Å². The molecule has 0 aliphatic carbocycles. The SMILES string of the molecule is Nc1cccc(S(=O)(=O)Cc2ccccc2[N+](=O)[O-])c1. The van der Waals surface area contributed by atoms with Crippen molar-refractivity contribution in [3.8, 4) is 0 Å². The van der Waals surface area contributed by atoms with Gasteiger partial charge in [0.15, 0.2) is 9.84 Å². The highest BCUT2D eigenvalue weighted by molar-refractivity contribution is 7.90. The fourth-order valence-corrected chi connectivity index (χ4v) is 3.23. The van der Waals surface area contributed by atoms with Crippen LogP contribution in [0.5, 0.6) is 0 Å². The van der Waals surface area contributed by atoms with E-state index < -0.39 is 20.5 Å². The Morgan fingerprint density at radius 2 is 1.80 bits per heavy atom. The maximum absolute atomic E-state index is 12.3. The average molecular weight is 292 g/mol. The van der Waals surface area contributed by atoms with E-state index in [0.717, 1.165) is 0 Å². The summed E-state index contributed by atoms with van der Waals surface area (Å²) in [6.07, 6.45) is 0. The number of benzene rings is 2. The largest absolute Gasteiger partial charge is 0.399 e. The van der Waals surface area contributed by atoms with Gasteiger partial charge >= 0.3 is 0 Å². The molecule has 2 rings (SSSR count). The number of hydrogen-bond donors (Lipinski definition) is 1. The predicted molar refractivity (Wildman–Crippen MR) is 74.8 cm³/mol. The lowest BCUT2D eigenvalue weighted by Gasteiger charge is -2.06. The van der Waals surface area contributed by atoms with Gasteiger partial charge in [-0.15, -0.1) is 0 Å². The first kappa shape index (κ1) is 14.0. The number of para-hydroxylation sites is 1. The van der Waals surface area contributed by atoms with E-state index in [0.29, 0.717) is 5.69 Å². The number of anilines is 1. The molecule has 0 fully saturated rings. The van der Waals surface area contributed by atoms with Crippen LogP contribution in [0.4, 0.5) is 11.4 Å². The molecule has 2 aromatic carbocycles. The van der Waals surface area contributed by atoms with Crippen LogP contribution in [0.3, 0.4) is 0 Å². The summed E-state index contributed by atoms with van der Waals surface area (Å²) >= 11 is 0. The molecule has 0 atom stereocenters. The molecule has 0 aliphatic heterocycles. The van der Waals surface area contributed by atoms with Crippen LogP contribution in [0.2, 0.25) is 0 Å². The van der Waals surface area contributed by atoms with Crippen molar-refractivity contribution < 1.29 is 13.3 Å². The summed E-state index contributed by atoms with van der Waals surface area (Å²) in [6.45, 7) is 0. The molecular formula is C13H12N2O4S. The van der Waals surface area contributed by atoms with Crippen LogP contribution in [-0.2, 0) is 15.6 Å². The molecule has 6 nitrogen and oxygen atoms in total. The van der Waals surface area contributed by atoms with Crippen molar-refractivity contribution in [2.75, 3.05) is 5.73 Å². The molecule has 0 heterocycles. The molecule has 0 amide bonds. The van der Waals surface area contributed by atoms with Gasteiger partial charge in [-0.25, -0.2) is 8.42 Å². The van der Waals surface area contributed by atoms with E-state index in [1.807, 2.05) is 0 Å². The van der Waals surface area contributed by atoms with Crippen molar-refractivity contribution in [2.45, 2.75) is 10.6 Å². The standard InChI is InChI=1S/C13H12N2O4S/c14-11-5-3-6-12(8-11)20(18,19)9-10-4-1-2-7-13(10)15(16)17/h1-8H,9,14H2. The lowest BCUT2D eigenvalue weighted by molar-refractivity contribution is -0.385. The van der Waals surface area contributed by atoms with Crippen molar-refractivity contribution in [3.63, 3.8) is 0 Å². The highest BCUT2D eigenvalue weighted by atomic mass is 32.2. The van der Waals surface area contributed by atoms with Gasteiger partial charge in [0.2, 0.25) is 0 Å². The summed E-state index contributed by atoms with van der Waals surface area (Å²) in [5.74, 6) is -0.437. The van der Waals surface area contributed by atoms with E-state index in [4.69, 9.17) is 5.73 Å². The van der Waals surface area contributed by atoms with Crippen LogP contribution in [0, 0.1) is 10.1 Å². The van der Waals surface area contributed by atoms with Gasteiger partial charge in [-0.2, -0.15) is 0 Å². The Hall–Kier alpha value is -2.41. The second kappa shape index (κ2) is 5.30. The molecule has 2 aromatic rings. The van der Waals surface area contributed by atoms with Gasteiger partial charge in [0.1, 0.15) is 0 Å². The van der Waals surface area contributed by atoms with Crippen molar-refractivity contribution in [3.05, 3.63) is 64.2 Å². The molecule has 0 saturated heterocycles. The molecule has 0 aromatic heterocycles. The highest BCUT2D eigenvalue weighted by Gasteiger charge is 2.21. The third kappa shape index (κ3) is 2.94. The third-order valence-electron chi connectivity index (χ3n) is 2.75. The quantitative estimate of drug-likeness (QED) is 0.528. The van der Waals surface area contributed by atoms with E-state index >= 15 is 0 Å². The first-order valence-electron chi connectivity index (χ1n) is 5.71. The van der Waals surface area contributed by atoms with E-state index in [1.165, 1.54) is 36.4 Å². The fourth-order valence-electron chi connectivity index (χ4n) is 1.81. The zero-order valence-electron chi connectivity index (χ0n) is 10.4. The van der Waals surface area contributed by atoms with Gasteiger partial charge in [-0.05, 0) is 18.2 Å². The van der Waals surface area contributed by atoms with Gasteiger partial charge < -0.3 is 5.73 Å². The number of hydrogen-bond acceptors (Lipinski definition) is 5. The average Bonchev–Trinajstić information content (AvgIpc) is 2.38. The number of rotatable bonds is 4. The monoisotopic (exact) mass is 292 g/mol.